The number of imidazole rings is 1. The van der Waals surface area contributed by atoms with E-state index in [0.717, 1.165) is 35.1 Å². The SMILES string of the molecule is NC1CCc2nc(-c3ccc(Br)cc3)[nH]c2C1. The summed E-state index contributed by atoms with van der Waals surface area (Å²) in [4.78, 5) is 8.05. The second-order valence-corrected chi connectivity index (χ2v) is 5.44. The lowest BCUT2D eigenvalue weighted by atomic mass is 9.97. The van der Waals surface area contributed by atoms with Crippen molar-refractivity contribution in [3.63, 3.8) is 0 Å². The van der Waals surface area contributed by atoms with Gasteiger partial charge in [-0.05, 0) is 25.0 Å². The van der Waals surface area contributed by atoms with Crippen LogP contribution in [0.4, 0.5) is 0 Å². The number of nitrogens with zero attached hydrogens (tertiary/aromatic N) is 1. The van der Waals surface area contributed by atoms with Crippen molar-refractivity contribution in [3.8, 4) is 11.4 Å². The molecule has 1 heterocycles. The standard InChI is InChI=1S/C13H14BrN3/c14-9-3-1-8(2-4-9)13-16-11-6-5-10(15)7-12(11)17-13/h1-4,10H,5-7,15H2,(H,16,17). The molecule has 1 aliphatic carbocycles. The summed E-state index contributed by atoms with van der Waals surface area (Å²) in [6, 6.07) is 8.47. The van der Waals surface area contributed by atoms with Gasteiger partial charge >= 0.3 is 0 Å². The number of hydrogen-bond acceptors (Lipinski definition) is 2. The summed E-state index contributed by atoms with van der Waals surface area (Å²) in [6.45, 7) is 0. The fourth-order valence-corrected chi connectivity index (χ4v) is 2.52. The molecule has 2 aromatic rings. The highest BCUT2D eigenvalue weighted by molar-refractivity contribution is 9.10. The van der Waals surface area contributed by atoms with Gasteiger partial charge in [0.2, 0.25) is 0 Å². The van der Waals surface area contributed by atoms with Crippen LogP contribution in [0.25, 0.3) is 11.4 Å². The number of rotatable bonds is 1. The molecule has 3 nitrogen and oxygen atoms in total. The molecule has 0 saturated heterocycles. The Morgan fingerprint density at radius 1 is 1.29 bits per heavy atom. The van der Waals surface area contributed by atoms with E-state index in [2.05, 4.69) is 38.0 Å². The van der Waals surface area contributed by atoms with E-state index < -0.39 is 0 Å². The van der Waals surface area contributed by atoms with Gasteiger partial charge in [0.05, 0.1) is 5.69 Å². The lowest BCUT2D eigenvalue weighted by molar-refractivity contribution is 0.565. The number of benzene rings is 1. The molecular formula is C13H14BrN3. The van der Waals surface area contributed by atoms with Gasteiger partial charge in [-0.25, -0.2) is 4.98 Å². The lowest BCUT2D eigenvalue weighted by Gasteiger charge is -2.15. The molecule has 3 rings (SSSR count). The quantitative estimate of drug-likeness (QED) is 0.849. The maximum absolute atomic E-state index is 5.96. The van der Waals surface area contributed by atoms with Crippen LogP contribution in [0.5, 0.6) is 0 Å². The second-order valence-electron chi connectivity index (χ2n) is 4.52. The van der Waals surface area contributed by atoms with E-state index in [-0.39, 0.29) is 6.04 Å². The minimum absolute atomic E-state index is 0.278. The third-order valence-electron chi connectivity index (χ3n) is 3.20. The fraction of sp³-hybridized carbons (Fsp3) is 0.308. The predicted molar refractivity (Wildman–Crippen MR) is 71.7 cm³/mol. The Morgan fingerprint density at radius 3 is 2.82 bits per heavy atom. The van der Waals surface area contributed by atoms with E-state index in [1.54, 1.807) is 0 Å². The molecule has 1 atom stereocenters. The highest BCUT2D eigenvalue weighted by atomic mass is 79.9. The highest BCUT2D eigenvalue weighted by Crippen LogP contribution is 2.24. The van der Waals surface area contributed by atoms with E-state index in [4.69, 9.17) is 5.73 Å². The lowest BCUT2D eigenvalue weighted by Crippen LogP contribution is -2.27. The van der Waals surface area contributed by atoms with Gasteiger partial charge in [-0.1, -0.05) is 28.1 Å². The van der Waals surface area contributed by atoms with Crippen LogP contribution in [0.3, 0.4) is 0 Å². The first kappa shape index (κ1) is 11.0. The smallest absolute Gasteiger partial charge is 0.137 e. The van der Waals surface area contributed by atoms with Crippen LogP contribution in [0.2, 0.25) is 0 Å². The van der Waals surface area contributed by atoms with Crippen LogP contribution in [0.15, 0.2) is 28.7 Å². The Labute approximate surface area is 109 Å². The Bertz CT molecular complexity index is 530. The molecule has 4 heteroatoms. The van der Waals surface area contributed by atoms with Gasteiger partial charge in [0.1, 0.15) is 5.82 Å². The largest absolute Gasteiger partial charge is 0.342 e. The fourth-order valence-electron chi connectivity index (χ4n) is 2.25. The van der Waals surface area contributed by atoms with Crippen molar-refractivity contribution in [2.24, 2.45) is 5.73 Å². The van der Waals surface area contributed by atoms with Crippen molar-refractivity contribution < 1.29 is 0 Å². The third kappa shape index (κ3) is 2.15. The molecule has 0 fully saturated rings. The minimum atomic E-state index is 0.278. The minimum Gasteiger partial charge on any atom is -0.342 e. The number of nitrogens with two attached hydrogens (primary N) is 1. The summed E-state index contributed by atoms with van der Waals surface area (Å²) in [5, 5.41) is 0. The van der Waals surface area contributed by atoms with Crippen LogP contribution in [-0.4, -0.2) is 16.0 Å². The number of hydrogen-bond donors (Lipinski definition) is 2. The van der Waals surface area contributed by atoms with Gasteiger partial charge < -0.3 is 10.7 Å². The third-order valence-corrected chi connectivity index (χ3v) is 3.73. The predicted octanol–water partition coefficient (Wildman–Crippen LogP) is 2.66. The van der Waals surface area contributed by atoms with Gasteiger partial charge in [0, 0.05) is 28.2 Å². The number of aromatic nitrogens is 2. The normalized spacial score (nSPS) is 19.1. The summed E-state index contributed by atoms with van der Waals surface area (Å²) in [7, 11) is 0. The van der Waals surface area contributed by atoms with E-state index in [1.807, 2.05) is 12.1 Å². The monoisotopic (exact) mass is 291 g/mol. The molecule has 0 amide bonds. The van der Waals surface area contributed by atoms with Crippen molar-refractivity contribution in [2.75, 3.05) is 0 Å². The molecule has 0 bridgehead atoms. The van der Waals surface area contributed by atoms with Crippen LogP contribution >= 0.6 is 15.9 Å². The highest BCUT2D eigenvalue weighted by Gasteiger charge is 2.19. The first-order valence-electron chi connectivity index (χ1n) is 5.81. The Hall–Kier alpha value is -1.13. The van der Waals surface area contributed by atoms with Gasteiger partial charge in [-0.3, -0.25) is 0 Å². The summed E-state index contributed by atoms with van der Waals surface area (Å²) < 4.78 is 1.08. The number of fused-ring (bicyclic) bond motifs is 1. The number of halogens is 1. The van der Waals surface area contributed by atoms with Crippen molar-refractivity contribution in [1.29, 1.82) is 0 Å². The zero-order valence-electron chi connectivity index (χ0n) is 9.41. The average Bonchev–Trinajstić information content (AvgIpc) is 2.72. The van der Waals surface area contributed by atoms with Crippen molar-refractivity contribution >= 4 is 15.9 Å². The molecule has 17 heavy (non-hydrogen) atoms. The number of aryl methyl sites for hydroxylation is 1. The van der Waals surface area contributed by atoms with Crippen molar-refractivity contribution in [3.05, 3.63) is 40.1 Å². The molecular weight excluding hydrogens is 278 g/mol. The molecule has 1 aromatic carbocycles. The Balaban J connectivity index is 1.97. The molecule has 1 aromatic heterocycles. The summed E-state index contributed by atoms with van der Waals surface area (Å²) >= 11 is 3.44. The molecule has 1 aliphatic rings. The first-order valence-corrected chi connectivity index (χ1v) is 6.61. The first-order chi connectivity index (χ1) is 8.22. The molecule has 1 unspecified atom stereocenters. The molecule has 3 N–H and O–H groups in total. The van der Waals surface area contributed by atoms with Crippen molar-refractivity contribution in [2.45, 2.75) is 25.3 Å². The summed E-state index contributed by atoms with van der Waals surface area (Å²) in [6.07, 6.45) is 2.94. The van der Waals surface area contributed by atoms with E-state index in [0.29, 0.717) is 0 Å². The van der Waals surface area contributed by atoms with Crippen molar-refractivity contribution in [1.82, 2.24) is 9.97 Å². The topological polar surface area (TPSA) is 54.7 Å². The van der Waals surface area contributed by atoms with Crippen LogP contribution in [0.1, 0.15) is 17.8 Å². The Kier molecular flexibility index (Phi) is 2.76. The molecule has 0 aliphatic heterocycles. The van der Waals surface area contributed by atoms with Gasteiger partial charge in [-0.2, -0.15) is 0 Å². The molecule has 0 saturated carbocycles. The molecule has 0 radical (unpaired) electrons. The molecule has 0 spiro atoms. The summed E-state index contributed by atoms with van der Waals surface area (Å²) in [5.74, 6) is 0.955. The number of H-pyrrole nitrogens is 1. The van der Waals surface area contributed by atoms with E-state index in [1.165, 1.54) is 11.4 Å². The second kappa shape index (κ2) is 4.27. The number of nitrogens with one attached hydrogen (secondary N) is 1. The Morgan fingerprint density at radius 2 is 2.06 bits per heavy atom. The summed E-state index contributed by atoms with van der Waals surface area (Å²) in [5.41, 5.74) is 9.48. The maximum Gasteiger partial charge on any atom is 0.137 e. The zero-order chi connectivity index (χ0) is 11.8. The molecule has 88 valence electrons. The van der Waals surface area contributed by atoms with Gasteiger partial charge in [-0.15, -0.1) is 0 Å². The number of aromatic amines is 1. The van der Waals surface area contributed by atoms with Gasteiger partial charge in [0.15, 0.2) is 0 Å². The van der Waals surface area contributed by atoms with E-state index >= 15 is 0 Å². The van der Waals surface area contributed by atoms with Crippen LogP contribution < -0.4 is 5.73 Å². The van der Waals surface area contributed by atoms with Crippen LogP contribution in [0, 0.1) is 0 Å². The average molecular weight is 292 g/mol. The zero-order valence-corrected chi connectivity index (χ0v) is 11.0. The van der Waals surface area contributed by atoms with Gasteiger partial charge in [0.25, 0.3) is 0 Å². The van der Waals surface area contributed by atoms with Crippen LogP contribution in [-0.2, 0) is 12.8 Å². The van der Waals surface area contributed by atoms with E-state index in [9.17, 15) is 0 Å². The maximum atomic E-state index is 5.96.